The maximum absolute atomic E-state index is 9.08. The average molecular weight is 261 g/mol. The molecule has 1 aromatic rings. The van der Waals surface area contributed by atoms with Gasteiger partial charge in [-0.2, -0.15) is 0 Å². The highest BCUT2D eigenvalue weighted by atomic mass is 16.5. The molecular formula is C14H20BNO3. The van der Waals surface area contributed by atoms with Crippen molar-refractivity contribution >= 4 is 7.12 Å². The fraction of sp³-hybridized carbons (Fsp3) is 0.500. The summed E-state index contributed by atoms with van der Waals surface area (Å²) in [6.45, 7) is 4.27. The predicted octanol–water partition coefficient (Wildman–Crippen LogP) is 2.07. The topological polar surface area (TPSA) is 62.6 Å². The first-order valence-corrected chi connectivity index (χ1v) is 6.74. The summed E-state index contributed by atoms with van der Waals surface area (Å²) < 4.78 is 5.86. The minimum atomic E-state index is -1.33. The van der Waals surface area contributed by atoms with Crippen molar-refractivity contribution in [2.24, 2.45) is 0 Å². The Hall–Kier alpha value is -1.33. The van der Waals surface area contributed by atoms with E-state index < -0.39 is 7.12 Å². The molecule has 1 heterocycles. The summed E-state index contributed by atoms with van der Waals surface area (Å²) in [5, 5.41) is 18.2. The van der Waals surface area contributed by atoms with Crippen molar-refractivity contribution in [1.29, 1.82) is 0 Å². The molecule has 1 aromatic heterocycles. The summed E-state index contributed by atoms with van der Waals surface area (Å²) in [7, 11) is -1.33. The number of hydrogen-bond acceptors (Lipinski definition) is 4. The van der Waals surface area contributed by atoms with Crippen LogP contribution in [-0.4, -0.2) is 28.3 Å². The zero-order chi connectivity index (χ0) is 13.8. The van der Waals surface area contributed by atoms with Crippen LogP contribution >= 0.6 is 0 Å². The second-order valence-corrected chi connectivity index (χ2v) is 5.25. The molecule has 102 valence electrons. The molecule has 1 atom stereocenters. The molecule has 0 bridgehead atoms. The van der Waals surface area contributed by atoms with Crippen molar-refractivity contribution in [3.63, 3.8) is 0 Å². The Morgan fingerprint density at radius 1 is 1.42 bits per heavy atom. The Morgan fingerprint density at radius 2 is 2.21 bits per heavy atom. The molecule has 0 saturated heterocycles. The van der Waals surface area contributed by atoms with Gasteiger partial charge in [-0.15, -0.1) is 0 Å². The van der Waals surface area contributed by atoms with Gasteiger partial charge in [-0.25, -0.2) is 4.98 Å². The van der Waals surface area contributed by atoms with Crippen LogP contribution in [0.1, 0.15) is 44.6 Å². The van der Waals surface area contributed by atoms with Gasteiger partial charge in [-0.05, 0) is 35.9 Å². The van der Waals surface area contributed by atoms with E-state index in [4.69, 9.17) is 14.8 Å². The van der Waals surface area contributed by atoms with E-state index in [-0.39, 0.29) is 6.10 Å². The molecule has 19 heavy (non-hydrogen) atoms. The van der Waals surface area contributed by atoms with Crippen LogP contribution in [0.25, 0.3) is 0 Å². The second-order valence-electron chi connectivity index (χ2n) is 5.25. The first-order valence-electron chi connectivity index (χ1n) is 6.74. The summed E-state index contributed by atoms with van der Waals surface area (Å²) in [4.78, 5) is 4.23. The van der Waals surface area contributed by atoms with Gasteiger partial charge in [0.05, 0.1) is 0 Å². The number of ether oxygens (including phenoxy) is 1. The Morgan fingerprint density at radius 3 is 2.79 bits per heavy atom. The van der Waals surface area contributed by atoms with Crippen LogP contribution in [0, 0.1) is 0 Å². The van der Waals surface area contributed by atoms with Gasteiger partial charge in [0.1, 0.15) is 6.10 Å². The average Bonchev–Trinajstić information content (AvgIpc) is 2.39. The van der Waals surface area contributed by atoms with E-state index in [2.05, 4.69) is 18.8 Å². The van der Waals surface area contributed by atoms with Gasteiger partial charge in [0, 0.05) is 18.7 Å². The van der Waals surface area contributed by atoms with E-state index in [1.54, 1.807) is 6.20 Å². The summed E-state index contributed by atoms with van der Waals surface area (Å²) >= 11 is 0. The summed E-state index contributed by atoms with van der Waals surface area (Å²) in [5.41, 5.74) is 1.89. The lowest BCUT2D eigenvalue weighted by atomic mass is 9.73. The minimum Gasteiger partial charge on any atom is -0.474 e. The van der Waals surface area contributed by atoms with Crippen molar-refractivity contribution in [1.82, 2.24) is 4.98 Å². The third kappa shape index (κ3) is 3.82. The van der Waals surface area contributed by atoms with Gasteiger partial charge in [0.25, 0.3) is 0 Å². The van der Waals surface area contributed by atoms with Crippen LogP contribution in [0.5, 0.6) is 5.88 Å². The Bertz CT molecular complexity index is 460. The Balaban J connectivity index is 1.97. The number of rotatable bonds is 4. The molecule has 0 radical (unpaired) electrons. The molecule has 0 fully saturated rings. The molecule has 1 unspecified atom stereocenters. The molecular weight excluding hydrogens is 241 g/mol. The molecule has 0 spiro atoms. The minimum absolute atomic E-state index is 0.0670. The highest BCUT2D eigenvalue weighted by molar-refractivity contribution is 6.50. The predicted molar refractivity (Wildman–Crippen MR) is 74.9 cm³/mol. The third-order valence-corrected chi connectivity index (χ3v) is 3.44. The van der Waals surface area contributed by atoms with Crippen molar-refractivity contribution in [2.75, 3.05) is 0 Å². The molecule has 4 nitrogen and oxygen atoms in total. The highest BCUT2D eigenvalue weighted by Crippen LogP contribution is 2.24. The van der Waals surface area contributed by atoms with Crippen molar-refractivity contribution in [3.8, 4) is 5.88 Å². The lowest BCUT2D eigenvalue weighted by Gasteiger charge is -2.22. The van der Waals surface area contributed by atoms with Crippen LogP contribution < -0.4 is 4.74 Å². The lowest BCUT2D eigenvalue weighted by molar-refractivity contribution is 0.181. The number of allylic oxidation sites excluding steroid dienone is 1. The summed E-state index contributed by atoms with van der Waals surface area (Å²) in [6, 6.07) is 3.98. The van der Waals surface area contributed by atoms with Gasteiger partial charge in [-0.1, -0.05) is 19.9 Å². The van der Waals surface area contributed by atoms with E-state index in [1.807, 2.05) is 18.2 Å². The zero-order valence-corrected chi connectivity index (χ0v) is 11.4. The molecule has 0 saturated carbocycles. The Kier molecular flexibility index (Phi) is 4.61. The maximum atomic E-state index is 9.08. The number of pyridine rings is 1. The maximum Gasteiger partial charge on any atom is 0.483 e. The lowest BCUT2D eigenvalue weighted by Crippen LogP contribution is -2.25. The molecule has 0 amide bonds. The van der Waals surface area contributed by atoms with Crippen molar-refractivity contribution in [3.05, 3.63) is 35.4 Å². The molecule has 1 aliphatic carbocycles. The molecule has 0 aliphatic heterocycles. The van der Waals surface area contributed by atoms with Crippen LogP contribution in [0.2, 0.25) is 0 Å². The number of hydrogen-bond donors (Lipinski definition) is 2. The van der Waals surface area contributed by atoms with E-state index in [0.717, 1.165) is 6.42 Å². The quantitative estimate of drug-likeness (QED) is 0.814. The van der Waals surface area contributed by atoms with Crippen molar-refractivity contribution in [2.45, 2.75) is 45.1 Å². The summed E-state index contributed by atoms with van der Waals surface area (Å²) in [5.74, 6) is 1.10. The molecule has 5 heteroatoms. The van der Waals surface area contributed by atoms with Gasteiger partial charge in [0.2, 0.25) is 5.88 Å². The van der Waals surface area contributed by atoms with Crippen molar-refractivity contribution < 1.29 is 14.8 Å². The number of aromatic nitrogens is 1. The van der Waals surface area contributed by atoms with Crippen LogP contribution in [0.4, 0.5) is 0 Å². The SMILES string of the molecule is CC(C)c1ccnc(OC2CC=C(B(O)O)CC2)c1. The summed E-state index contributed by atoms with van der Waals surface area (Å²) in [6.07, 6.45) is 5.83. The highest BCUT2D eigenvalue weighted by Gasteiger charge is 2.22. The van der Waals surface area contributed by atoms with E-state index in [0.29, 0.717) is 30.1 Å². The van der Waals surface area contributed by atoms with Gasteiger partial charge < -0.3 is 14.8 Å². The number of nitrogens with zero attached hydrogens (tertiary/aromatic N) is 1. The molecule has 2 N–H and O–H groups in total. The van der Waals surface area contributed by atoms with E-state index in [1.165, 1.54) is 5.56 Å². The molecule has 0 aromatic carbocycles. The first kappa shape index (κ1) is 14.1. The van der Waals surface area contributed by atoms with E-state index in [9.17, 15) is 0 Å². The van der Waals surface area contributed by atoms with Crippen LogP contribution in [0.3, 0.4) is 0 Å². The standard InChI is InChI=1S/C14H20BNO3/c1-10(2)11-7-8-16-14(9-11)19-13-5-3-12(4-6-13)15(17)18/h3,7-10,13,17-18H,4-6H2,1-2H3. The smallest absolute Gasteiger partial charge is 0.474 e. The van der Waals surface area contributed by atoms with Crippen LogP contribution in [-0.2, 0) is 0 Å². The van der Waals surface area contributed by atoms with Gasteiger partial charge in [-0.3, -0.25) is 0 Å². The molecule has 1 aliphatic rings. The van der Waals surface area contributed by atoms with Gasteiger partial charge in [0.15, 0.2) is 0 Å². The second kappa shape index (κ2) is 6.22. The fourth-order valence-electron chi connectivity index (χ4n) is 2.19. The Labute approximate surface area is 114 Å². The largest absolute Gasteiger partial charge is 0.483 e. The van der Waals surface area contributed by atoms with Gasteiger partial charge >= 0.3 is 7.12 Å². The fourth-order valence-corrected chi connectivity index (χ4v) is 2.19. The zero-order valence-electron chi connectivity index (χ0n) is 11.4. The normalized spacial score (nSPS) is 19.2. The first-order chi connectivity index (χ1) is 9.06. The van der Waals surface area contributed by atoms with Crippen LogP contribution in [0.15, 0.2) is 29.9 Å². The molecule has 2 rings (SSSR count). The third-order valence-electron chi connectivity index (χ3n) is 3.44. The van der Waals surface area contributed by atoms with E-state index >= 15 is 0 Å². The monoisotopic (exact) mass is 261 g/mol.